The van der Waals surface area contributed by atoms with Crippen molar-refractivity contribution >= 4 is 0 Å². The van der Waals surface area contributed by atoms with Crippen molar-refractivity contribution in [2.24, 2.45) is 17.8 Å². The van der Waals surface area contributed by atoms with Crippen LogP contribution in [0.2, 0.25) is 0 Å². The molecule has 2 fully saturated rings. The molecule has 3 rings (SSSR count). The minimum Gasteiger partial charge on any atom is -0.388 e. The van der Waals surface area contributed by atoms with Gasteiger partial charge in [0.2, 0.25) is 0 Å². The molecule has 0 aliphatic heterocycles. The molecular weight excluding hydrogens is 265 g/mol. The van der Waals surface area contributed by atoms with Gasteiger partial charge in [-0.05, 0) is 61.1 Å². The predicted octanol–water partition coefficient (Wildman–Crippen LogP) is 4.57. The van der Waals surface area contributed by atoms with Gasteiger partial charge < -0.3 is 5.11 Å². The number of hydrogen-bond acceptors (Lipinski definition) is 1. The van der Waals surface area contributed by atoms with Gasteiger partial charge in [0.25, 0.3) is 0 Å². The van der Waals surface area contributed by atoms with Gasteiger partial charge in [0, 0.05) is 0 Å². The number of aliphatic hydroxyl groups is 1. The summed E-state index contributed by atoms with van der Waals surface area (Å²) >= 11 is 0. The Balaban J connectivity index is 1.64. The molecule has 0 heterocycles. The summed E-state index contributed by atoms with van der Waals surface area (Å²) in [6.07, 6.45) is 0.779. The second kappa shape index (κ2) is 5.06. The highest BCUT2D eigenvalue weighted by atomic mass is 19.4. The van der Waals surface area contributed by atoms with E-state index in [9.17, 15) is 18.3 Å². The van der Waals surface area contributed by atoms with Gasteiger partial charge in [0.1, 0.15) is 0 Å². The van der Waals surface area contributed by atoms with Gasteiger partial charge in [-0.25, -0.2) is 0 Å². The van der Waals surface area contributed by atoms with Gasteiger partial charge in [-0.15, -0.1) is 0 Å². The molecule has 2 saturated carbocycles. The summed E-state index contributed by atoms with van der Waals surface area (Å²) in [5, 5.41) is 10.2. The zero-order valence-corrected chi connectivity index (χ0v) is 11.2. The maximum absolute atomic E-state index is 12.5. The normalized spacial score (nSPS) is 30.7. The number of alkyl halides is 3. The van der Waals surface area contributed by atoms with E-state index in [0.717, 1.165) is 24.0 Å². The molecule has 4 heteroatoms. The fourth-order valence-electron chi connectivity index (χ4n) is 3.98. The number of fused-ring (bicyclic) bond motifs is 2. The van der Waals surface area contributed by atoms with E-state index < -0.39 is 17.8 Å². The molecule has 2 aliphatic rings. The Morgan fingerprint density at radius 2 is 1.80 bits per heavy atom. The van der Waals surface area contributed by atoms with E-state index in [1.807, 2.05) is 0 Å². The number of rotatable bonds is 3. The van der Waals surface area contributed by atoms with E-state index in [0.29, 0.717) is 17.9 Å². The number of hydrogen-bond donors (Lipinski definition) is 1. The van der Waals surface area contributed by atoms with E-state index in [4.69, 9.17) is 0 Å². The van der Waals surface area contributed by atoms with Crippen LogP contribution in [0.4, 0.5) is 13.2 Å². The zero-order chi connectivity index (χ0) is 14.3. The number of halogens is 3. The Morgan fingerprint density at radius 1 is 1.10 bits per heavy atom. The molecule has 2 aliphatic carbocycles. The lowest BCUT2D eigenvalue weighted by atomic mass is 9.83. The van der Waals surface area contributed by atoms with Crippen molar-refractivity contribution in [1.29, 1.82) is 0 Å². The molecule has 2 bridgehead atoms. The minimum absolute atomic E-state index is 0.547. The first kappa shape index (κ1) is 13.9. The molecule has 4 unspecified atom stereocenters. The molecule has 20 heavy (non-hydrogen) atoms. The molecule has 1 N–H and O–H groups in total. The SMILES string of the molecule is OC(CC1CC2CCC1C2)c1ccc(C(F)(F)F)cc1. The van der Waals surface area contributed by atoms with Crippen LogP contribution in [0.3, 0.4) is 0 Å². The highest BCUT2D eigenvalue weighted by molar-refractivity contribution is 5.26. The Bertz CT molecular complexity index is 466. The first-order valence-electron chi connectivity index (χ1n) is 7.28. The van der Waals surface area contributed by atoms with Crippen LogP contribution in [0.25, 0.3) is 0 Å². The smallest absolute Gasteiger partial charge is 0.388 e. The van der Waals surface area contributed by atoms with Gasteiger partial charge >= 0.3 is 6.18 Å². The third-order valence-corrected chi connectivity index (χ3v) is 5.03. The summed E-state index contributed by atoms with van der Waals surface area (Å²) < 4.78 is 37.5. The zero-order valence-electron chi connectivity index (χ0n) is 11.2. The van der Waals surface area contributed by atoms with Crippen molar-refractivity contribution in [2.75, 3.05) is 0 Å². The Hall–Kier alpha value is -1.03. The van der Waals surface area contributed by atoms with Crippen LogP contribution in [0.5, 0.6) is 0 Å². The Morgan fingerprint density at radius 3 is 2.30 bits per heavy atom. The van der Waals surface area contributed by atoms with Crippen molar-refractivity contribution in [3.8, 4) is 0 Å². The fraction of sp³-hybridized carbons (Fsp3) is 0.625. The van der Waals surface area contributed by atoms with Gasteiger partial charge in [0.15, 0.2) is 0 Å². The minimum atomic E-state index is -4.31. The van der Waals surface area contributed by atoms with Crippen molar-refractivity contribution in [1.82, 2.24) is 0 Å². The second-order valence-electron chi connectivity index (χ2n) is 6.31. The van der Waals surface area contributed by atoms with E-state index in [1.54, 1.807) is 0 Å². The third kappa shape index (κ3) is 2.71. The maximum Gasteiger partial charge on any atom is 0.416 e. The molecule has 110 valence electrons. The highest BCUT2D eigenvalue weighted by Crippen LogP contribution is 2.50. The molecule has 0 spiro atoms. The maximum atomic E-state index is 12.5. The number of benzene rings is 1. The molecule has 1 nitrogen and oxygen atoms in total. The summed E-state index contributed by atoms with van der Waals surface area (Å²) in [6, 6.07) is 4.92. The second-order valence-corrected chi connectivity index (χ2v) is 6.31. The lowest BCUT2D eigenvalue weighted by Crippen LogP contribution is -2.14. The molecule has 0 radical (unpaired) electrons. The summed E-state index contributed by atoms with van der Waals surface area (Å²) in [6.45, 7) is 0. The Kier molecular flexibility index (Phi) is 3.53. The molecule has 4 atom stereocenters. The third-order valence-electron chi connectivity index (χ3n) is 5.03. The summed E-state index contributed by atoms with van der Waals surface area (Å²) in [5.41, 5.74) is -0.0610. The van der Waals surface area contributed by atoms with E-state index in [2.05, 4.69) is 0 Å². The molecule has 0 amide bonds. The largest absolute Gasteiger partial charge is 0.416 e. The van der Waals surface area contributed by atoms with Gasteiger partial charge in [0.05, 0.1) is 11.7 Å². The Labute approximate surface area is 116 Å². The molecule has 1 aromatic rings. The van der Waals surface area contributed by atoms with Crippen LogP contribution in [0, 0.1) is 17.8 Å². The van der Waals surface area contributed by atoms with Gasteiger partial charge in [-0.3, -0.25) is 0 Å². The summed E-state index contributed by atoms with van der Waals surface area (Å²) in [5.74, 6) is 2.10. The molecule has 0 aromatic heterocycles. The molecular formula is C16H19F3O. The summed E-state index contributed by atoms with van der Waals surface area (Å²) in [7, 11) is 0. The van der Waals surface area contributed by atoms with Crippen LogP contribution in [-0.2, 0) is 6.18 Å². The van der Waals surface area contributed by atoms with E-state index in [-0.39, 0.29) is 0 Å². The molecule has 1 aromatic carbocycles. The number of aliphatic hydroxyl groups excluding tert-OH is 1. The lowest BCUT2D eigenvalue weighted by molar-refractivity contribution is -0.137. The van der Waals surface area contributed by atoms with E-state index in [1.165, 1.54) is 37.8 Å². The van der Waals surface area contributed by atoms with Crippen LogP contribution in [0.15, 0.2) is 24.3 Å². The van der Waals surface area contributed by atoms with Crippen LogP contribution in [0.1, 0.15) is 49.3 Å². The average Bonchev–Trinajstić information content (AvgIpc) is 3.00. The van der Waals surface area contributed by atoms with Crippen LogP contribution >= 0.6 is 0 Å². The van der Waals surface area contributed by atoms with Gasteiger partial charge in [-0.1, -0.05) is 18.6 Å². The average molecular weight is 284 g/mol. The lowest BCUT2D eigenvalue weighted by Gasteiger charge is -2.24. The first-order chi connectivity index (χ1) is 9.43. The van der Waals surface area contributed by atoms with Crippen molar-refractivity contribution in [3.63, 3.8) is 0 Å². The predicted molar refractivity (Wildman–Crippen MR) is 70.0 cm³/mol. The summed E-state index contributed by atoms with van der Waals surface area (Å²) in [4.78, 5) is 0. The van der Waals surface area contributed by atoms with Crippen molar-refractivity contribution < 1.29 is 18.3 Å². The van der Waals surface area contributed by atoms with E-state index >= 15 is 0 Å². The van der Waals surface area contributed by atoms with Crippen LogP contribution in [-0.4, -0.2) is 5.11 Å². The fourth-order valence-corrected chi connectivity index (χ4v) is 3.98. The highest BCUT2D eigenvalue weighted by Gasteiger charge is 2.40. The monoisotopic (exact) mass is 284 g/mol. The topological polar surface area (TPSA) is 20.2 Å². The molecule has 0 saturated heterocycles. The van der Waals surface area contributed by atoms with Crippen molar-refractivity contribution in [2.45, 2.75) is 44.4 Å². The standard InChI is InChI=1S/C16H19F3O/c17-16(18,19)14-5-3-11(4-6-14)15(20)9-13-8-10-1-2-12(13)7-10/h3-6,10,12-13,15,20H,1-2,7-9H2. The first-order valence-corrected chi connectivity index (χ1v) is 7.28. The van der Waals surface area contributed by atoms with Crippen LogP contribution < -0.4 is 0 Å². The van der Waals surface area contributed by atoms with Crippen molar-refractivity contribution in [3.05, 3.63) is 35.4 Å². The van der Waals surface area contributed by atoms with Gasteiger partial charge in [-0.2, -0.15) is 13.2 Å². The quantitative estimate of drug-likeness (QED) is 0.862.